The van der Waals surface area contributed by atoms with E-state index in [0.29, 0.717) is 16.8 Å². The molecule has 0 radical (unpaired) electrons. The minimum absolute atomic E-state index is 0.230. The summed E-state index contributed by atoms with van der Waals surface area (Å²) in [6, 6.07) is 10.1. The Kier molecular flexibility index (Phi) is 5.65. The highest BCUT2D eigenvalue weighted by molar-refractivity contribution is 7.89. The van der Waals surface area contributed by atoms with Crippen LogP contribution in [-0.2, 0) is 14.8 Å². The summed E-state index contributed by atoms with van der Waals surface area (Å²) >= 11 is 0. The van der Waals surface area contributed by atoms with E-state index in [4.69, 9.17) is 0 Å². The first-order valence-corrected chi connectivity index (χ1v) is 9.56. The zero-order valence-electron chi connectivity index (χ0n) is 15.2. The van der Waals surface area contributed by atoms with Crippen LogP contribution >= 0.6 is 0 Å². The predicted octanol–water partition coefficient (Wildman–Crippen LogP) is 3.23. The van der Waals surface area contributed by atoms with Gasteiger partial charge in [-0.05, 0) is 57.9 Å². The Morgan fingerprint density at radius 1 is 0.920 bits per heavy atom. The van der Waals surface area contributed by atoms with Crippen molar-refractivity contribution in [1.82, 2.24) is 4.72 Å². The number of hydrogen-bond donors (Lipinski definition) is 2. The first-order valence-electron chi connectivity index (χ1n) is 8.08. The number of carbonyl (C=O) groups is 1. The van der Waals surface area contributed by atoms with Crippen molar-refractivity contribution in [3.63, 3.8) is 0 Å². The smallest absolute Gasteiger partial charge is 0.242 e. The van der Waals surface area contributed by atoms with Crippen LogP contribution in [0.15, 0.2) is 41.3 Å². The molecule has 2 aromatic carbocycles. The number of amides is 1. The molecule has 134 valence electrons. The second kappa shape index (κ2) is 7.37. The molecule has 2 N–H and O–H groups in total. The monoisotopic (exact) mass is 360 g/mol. The lowest BCUT2D eigenvalue weighted by Crippen LogP contribution is -2.41. The molecule has 0 aliphatic rings. The van der Waals surface area contributed by atoms with Crippen LogP contribution in [0.1, 0.15) is 29.2 Å². The molecule has 0 fully saturated rings. The lowest BCUT2D eigenvalue weighted by Gasteiger charge is -2.17. The van der Waals surface area contributed by atoms with Gasteiger partial charge in [-0.25, -0.2) is 8.42 Å². The van der Waals surface area contributed by atoms with Crippen LogP contribution < -0.4 is 10.0 Å². The van der Waals surface area contributed by atoms with Crippen LogP contribution in [0.5, 0.6) is 0 Å². The molecule has 5 nitrogen and oxygen atoms in total. The fourth-order valence-electron chi connectivity index (χ4n) is 2.82. The van der Waals surface area contributed by atoms with Gasteiger partial charge in [-0.2, -0.15) is 4.72 Å². The van der Waals surface area contributed by atoms with E-state index >= 15 is 0 Å². The molecule has 0 heterocycles. The number of benzene rings is 2. The van der Waals surface area contributed by atoms with E-state index in [1.807, 2.05) is 38.1 Å². The van der Waals surface area contributed by atoms with E-state index in [1.54, 1.807) is 26.0 Å². The van der Waals surface area contributed by atoms with Gasteiger partial charge in [0, 0.05) is 5.69 Å². The minimum Gasteiger partial charge on any atom is -0.325 e. The second-order valence-electron chi connectivity index (χ2n) is 6.43. The highest BCUT2D eigenvalue weighted by Crippen LogP contribution is 2.22. The average Bonchev–Trinajstić information content (AvgIpc) is 2.47. The maximum atomic E-state index is 12.7. The van der Waals surface area contributed by atoms with Crippen molar-refractivity contribution in [3.05, 3.63) is 58.7 Å². The summed E-state index contributed by atoms with van der Waals surface area (Å²) in [6.45, 7) is 8.91. The maximum absolute atomic E-state index is 12.7. The van der Waals surface area contributed by atoms with Crippen molar-refractivity contribution in [2.75, 3.05) is 5.32 Å². The molecule has 0 aliphatic carbocycles. The van der Waals surface area contributed by atoms with Crippen molar-refractivity contribution < 1.29 is 13.2 Å². The third-order valence-corrected chi connectivity index (χ3v) is 5.76. The number of carbonyl (C=O) groups excluding carboxylic acids is 1. The lowest BCUT2D eigenvalue weighted by atomic mass is 10.1. The summed E-state index contributed by atoms with van der Waals surface area (Å²) in [5, 5.41) is 2.72. The predicted molar refractivity (Wildman–Crippen MR) is 100 cm³/mol. The topological polar surface area (TPSA) is 75.3 Å². The molecule has 0 saturated carbocycles. The normalized spacial score (nSPS) is 12.7. The minimum atomic E-state index is -3.79. The lowest BCUT2D eigenvalue weighted by molar-refractivity contribution is -0.117. The fraction of sp³-hybridized carbons (Fsp3) is 0.316. The quantitative estimate of drug-likeness (QED) is 0.860. The molecule has 2 rings (SSSR count). The molecule has 0 aromatic heterocycles. The van der Waals surface area contributed by atoms with Gasteiger partial charge in [-0.3, -0.25) is 4.79 Å². The molecule has 25 heavy (non-hydrogen) atoms. The van der Waals surface area contributed by atoms with Crippen LogP contribution in [0.25, 0.3) is 0 Å². The molecular formula is C19H24N2O3S. The van der Waals surface area contributed by atoms with Gasteiger partial charge in [0.15, 0.2) is 0 Å². The Balaban J connectivity index is 2.17. The van der Waals surface area contributed by atoms with Gasteiger partial charge in [-0.1, -0.05) is 35.4 Å². The van der Waals surface area contributed by atoms with Crippen LogP contribution in [0, 0.1) is 27.7 Å². The molecule has 2 aromatic rings. The Labute approximate surface area is 149 Å². The summed E-state index contributed by atoms with van der Waals surface area (Å²) in [7, 11) is -3.79. The number of aryl methyl sites for hydroxylation is 4. The van der Waals surface area contributed by atoms with Gasteiger partial charge < -0.3 is 5.32 Å². The van der Waals surface area contributed by atoms with E-state index in [1.165, 1.54) is 6.92 Å². The highest BCUT2D eigenvalue weighted by atomic mass is 32.2. The molecule has 1 unspecified atom stereocenters. The average molecular weight is 360 g/mol. The summed E-state index contributed by atoms with van der Waals surface area (Å²) in [6.07, 6.45) is 0. The number of rotatable bonds is 5. The number of sulfonamides is 1. The van der Waals surface area contributed by atoms with E-state index < -0.39 is 22.0 Å². The molecule has 1 amide bonds. The van der Waals surface area contributed by atoms with Gasteiger partial charge in [0.05, 0.1) is 10.9 Å². The van der Waals surface area contributed by atoms with Crippen LogP contribution in [0.4, 0.5) is 5.69 Å². The standard InChI is InChI=1S/C19H24N2O3S/c1-12-6-8-17(9-7-12)20-19(22)16(5)21-25(23,24)18-14(3)10-13(2)11-15(18)4/h6-11,16,21H,1-5H3,(H,20,22). The summed E-state index contributed by atoms with van der Waals surface area (Å²) in [5.74, 6) is -0.408. The van der Waals surface area contributed by atoms with Gasteiger partial charge in [0.2, 0.25) is 15.9 Å². The number of nitrogens with one attached hydrogen (secondary N) is 2. The van der Waals surface area contributed by atoms with Crippen molar-refractivity contribution in [2.45, 2.75) is 45.6 Å². The first kappa shape index (κ1) is 19.1. The molecule has 0 bridgehead atoms. The van der Waals surface area contributed by atoms with E-state index in [2.05, 4.69) is 10.0 Å². The number of hydrogen-bond acceptors (Lipinski definition) is 3. The Morgan fingerprint density at radius 2 is 1.44 bits per heavy atom. The van der Waals surface area contributed by atoms with Crippen molar-refractivity contribution in [3.8, 4) is 0 Å². The Hall–Kier alpha value is -2.18. The third-order valence-electron chi connectivity index (χ3n) is 3.92. The first-order chi connectivity index (χ1) is 11.6. The van der Waals surface area contributed by atoms with Crippen LogP contribution in [0.3, 0.4) is 0 Å². The summed E-state index contributed by atoms with van der Waals surface area (Å²) in [4.78, 5) is 12.5. The van der Waals surface area contributed by atoms with Gasteiger partial charge in [0.25, 0.3) is 0 Å². The Bertz CT molecular complexity index is 864. The van der Waals surface area contributed by atoms with Crippen molar-refractivity contribution >= 4 is 21.6 Å². The van der Waals surface area contributed by atoms with E-state index in [9.17, 15) is 13.2 Å². The van der Waals surface area contributed by atoms with Crippen molar-refractivity contribution in [1.29, 1.82) is 0 Å². The molecule has 1 atom stereocenters. The maximum Gasteiger partial charge on any atom is 0.242 e. The molecule has 0 spiro atoms. The van der Waals surface area contributed by atoms with Gasteiger partial charge >= 0.3 is 0 Å². The van der Waals surface area contributed by atoms with Crippen LogP contribution in [-0.4, -0.2) is 20.4 Å². The third kappa shape index (κ3) is 4.67. The van der Waals surface area contributed by atoms with E-state index in [-0.39, 0.29) is 4.90 Å². The second-order valence-corrected chi connectivity index (χ2v) is 8.08. The summed E-state index contributed by atoms with van der Waals surface area (Å²) < 4.78 is 27.9. The largest absolute Gasteiger partial charge is 0.325 e. The summed E-state index contributed by atoms with van der Waals surface area (Å²) in [5.41, 5.74) is 4.04. The Morgan fingerprint density at radius 3 is 1.96 bits per heavy atom. The zero-order chi connectivity index (χ0) is 18.8. The van der Waals surface area contributed by atoms with Gasteiger partial charge in [-0.15, -0.1) is 0 Å². The number of anilines is 1. The van der Waals surface area contributed by atoms with Crippen LogP contribution in [0.2, 0.25) is 0 Å². The molecule has 6 heteroatoms. The molecule has 0 saturated heterocycles. The van der Waals surface area contributed by atoms with Crippen molar-refractivity contribution in [2.24, 2.45) is 0 Å². The highest BCUT2D eigenvalue weighted by Gasteiger charge is 2.25. The zero-order valence-corrected chi connectivity index (χ0v) is 16.0. The fourth-order valence-corrected chi connectivity index (χ4v) is 4.48. The van der Waals surface area contributed by atoms with Gasteiger partial charge in [0.1, 0.15) is 0 Å². The molecular weight excluding hydrogens is 336 g/mol. The van der Waals surface area contributed by atoms with E-state index in [0.717, 1.165) is 11.1 Å². The molecule has 0 aliphatic heterocycles. The SMILES string of the molecule is Cc1ccc(NC(=O)C(C)NS(=O)(=O)c2c(C)cc(C)cc2C)cc1.